The van der Waals surface area contributed by atoms with E-state index in [2.05, 4.69) is 21.6 Å². The number of hydrogen-bond acceptors (Lipinski definition) is 4. The van der Waals surface area contributed by atoms with Gasteiger partial charge in [0.1, 0.15) is 10.7 Å². The number of fused-ring (bicyclic) bond motifs is 1. The molecule has 0 aliphatic rings. The molecular formula is C13H19N3OS. The lowest BCUT2D eigenvalue weighted by Gasteiger charge is -2.08. The van der Waals surface area contributed by atoms with Gasteiger partial charge in [0.25, 0.3) is 0 Å². The molecule has 98 valence electrons. The first kappa shape index (κ1) is 13.4. The average Bonchev–Trinajstić information content (AvgIpc) is 2.73. The molecule has 0 aromatic carbocycles. The van der Waals surface area contributed by atoms with Gasteiger partial charge >= 0.3 is 0 Å². The summed E-state index contributed by atoms with van der Waals surface area (Å²) in [4.78, 5) is 4.63. The highest BCUT2D eigenvalue weighted by Crippen LogP contribution is 2.27. The molecule has 1 unspecified atom stereocenters. The molecule has 0 fully saturated rings. The summed E-state index contributed by atoms with van der Waals surface area (Å²) >= 11 is 1.62. The molecule has 18 heavy (non-hydrogen) atoms. The van der Waals surface area contributed by atoms with Crippen LogP contribution in [0.2, 0.25) is 0 Å². The van der Waals surface area contributed by atoms with Gasteiger partial charge in [-0.05, 0) is 18.7 Å². The summed E-state index contributed by atoms with van der Waals surface area (Å²) in [6.07, 6.45) is 2.03. The van der Waals surface area contributed by atoms with Crippen molar-refractivity contribution in [2.45, 2.75) is 30.7 Å². The molecule has 0 bridgehead atoms. The largest absolute Gasteiger partial charge is 0.395 e. The van der Waals surface area contributed by atoms with Crippen LogP contribution in [0.4, 0.5) is 0 Å². The first-order valence-corrected chi connectivity index (χ1v) is 7.08. The molecule has 0 aliphatic heterocycles. The van der Waals surface area contributed by atoms with Crippen molar-refractivity contribution in [3.63, 3.8) is 0 Å². The van der Waals surface area contributed by atoms with Crippen molar-refractivity contribution in [1.82, 2.24) is 14.7 Å². The minimum absolute atomic E-state index is 0.162. The van der Waals surface area contributed by atoms with Crippen LogP contribution in [0.3, 0.4) is 0 Å². The number of imidazole rings is 1. The first-order chi connectivity index (χ1) is 8.76. The minimum Gasteiger partial charge on any atom is -0.395 e. The Morgan fingerprint density at radius 3 is 3.06 bits per heavy atom. The predicted molar refractivity (Wildman–Crippen MR) is 75.0 cm³/mol. The maximum Gasteiger partial charge on any atom is 0.138 e. The second-order valence-corrected chi connectivity index (χ2v) is 5.61. The van der Waals surface area contributed by atoms with Crippen LogP contribution in [0.15, 0.2) is 29.4 Å². The molecule has 0 aliphatic carbocycles. The number of rotatable bonds is 6. The predicted octanol–water partition coefficient (Wildman–Crippen LogP) is 1.92. The van der Waals surface area contributed by atoms with Crippen molar-refractivity contribution in [2.75, 3.05) is 13.2 Å². The number of aliphatic hydroxyl groups excluding tert-OH is 1. The van der Waals surface area contributed by atoms with E-state index in [1.54, 1.807) is 11.8 Å². The SMILES string of the molecule is CCNCc1c(SC(C)CO)nc2ccccn12. The van der Waals surface area contributed by atoms with Crippen LogP contribution in [-0.4, -0.2) is 32.9 Å². The normalized spacial score (nSPS) is 13.1. The van der Waals surface area contributed by atoms with Gasteiger partial charge in [-0.15, -0.1) is 0 Å². The molecule has 0 radical (unpaired) electrons. The second kappa shape index (κ2) is 6.22. The summed E-state index contributed by atoms with van der Waals surface area (Å²) in [5, 5.41) is 13.7. The topological polar surface area (TPSA) is 49.6 Å². The van der Waals surface area contributed by atoms with Crippen molar-refractivity contribution >= 4 is 17.4 Å². The zero-order valence-corrected chi connectivity index (χ0v) is 11.6. The van der Waals surface area contributed by atoms with Gasteiger partial charge in [-0.2, -0.15) is 0 Å². The molecule has 1 atom stereocenters. The van der Waals surface area contributed by atoms with Gasteiger partial charge in [0, 0.05) is 18.0 Å². The highest BCUT2D eigenvalue weighted by Gasteiger charge is 2.14. The van der Waals surface area contributed by atoms with Crippen molar-refractivity contribution in [2.24, 2.45) is 0 Å². The van der Waals surface area contributed by atoms with Crippen LogP contribution in [0.5, 0.6) is 0 Å². The van der Waals surface area contributed by atoms with E-state index in [0.717, 1.165) is 29.5 Å². The monoisotopic (exact) mass is 265 g/mol. The van der Waals surface area contributed by atoms with E-state index in [1.807, 2.05) is 31.3 Å². The lowest BCUT2D eigenvalue weighted by atomic mass is 10.4. The van der Waals surface area contributed by atoms with Crippen LogP contribution in [0, 0.1) is 0 Å². The van der Waals surface area contributed by atoms with E-state index in [9.17, 15) is 0 Å². The summed E-state index contributed by atoms with van der Waals surface area (Å²) in [7, 11) is 0. The van der Waals surface area contributed by atoms with E-state index in [4.69, 9.17) is 5.11 Å². The average molecular weight is 265 g/mol. The molecule has 2 heterocycles. The Labute approximate surface area is 111 Å². The smallest absolute Gasteiger partial charge is 0.138 e. The fourth-order valence-electron chi connectivity index (χ4n) is 1.75. The third-order valence-corrected chi connectivity index (χ3v) is 3.81. The summed E-state index contributed by atoms with van der Waals surface area (Å²) in [6, 6.07) is 6.00. The number of thioether (sulfide) groups is 1. The van der Waals surface area contributed by atoms with Crippen LogP contribution >= 0.6 is 11.8 Å². The fourth-order valence-corrected chi connectivity index (χ4v) is 2.66. The van der Waals surface area contributed by atoms with Gasteiger partial charge in [-0.25, -0.2) is 4.98 Å². The van der Waals surface area contributed by atoms with Gasteiger partial charge in [-0.1, -0.05) is 31.7 Å². The Bertz CT molecular complexity index is 512. The lowest BCUT2D eigenvalue weighted by molar-refractivity contribution is 0.300. The quantitative estimate of drug-likeness (QED) is 0.784. The Hall–Kier alpha value is -1.04. The maximum absolute atomic E-state index is 9.17. The number of pyridine rings is 1. The van der Waals surface area contributed by atoms with Crippen LogP contribution in [0.25, 0.3) is 5.65 Å². The molecule has 0 saturated carbocycles. The zero-order chi connectivity index (χ0) is 13.0. The van der Waals surface area contributed by atoms with Crippen molar-refractivity contribution in [3.8, 4) is 0 Å². The molecule has 2 N–H and O–H groups in total. The summed E-state index contributed by atoms with van der Waals surface area (Å²) in [5.74, 6) is 0. The fraction of sp³-hybridized carbons (Fsp3) is 0.462. The van der Waals surface area contributed by atoms with Gasteiger partial charge < -0.3 is 14.8 Å². The van der Waals surface area contributed by atoms with Gasteiger partial charge in [0.2, 0.25) is 0 Å². The number of nitrogens with zero attached hydrogens (tertiary/aromatic N) is 2. The third-order valence-electron chi connectivity index (χ3n) is 2.70. The summed E-state index contributed by atoms with van der Waals surface area (Å²) < 4.78 is 2.11. The van der Waals surface area contributed by atoms with E-state index in [-0.39, 0.29) is 11.9 Å². The van der Waals surface area contributed by atoms with Crippen molar-refractivity contribution in [1.29, 1.82) is 0 Å². The lowest BCUT2D eigenvalue weighted by Crippen LogP contribution is -2.14. The zero-order valence-electron chi connectivity index (χ0n) is 10.8. The number of hydrogen-bond donors (Lipinski definition) is 2. The maximum atomic E-state index is 9.17. The Balaban J connectivity index is 2.36. The first-order valence-electron chi connectivity index (χ1n) is 6.20. The molecule has 2 rings (SSSR count). The van der Waals surface area contributed by atoms with Crippen molar-refractivity contribution < 1.29 is 5.11 Å². The van der Waals surface area contributed by atoms with E-state index in [0.29, 0.717) is 0 Å². The molecule has 0 saturated heterocycles. The minimum atomic E-state index is 0.162. The molecule has 5 heteroatoms. The molecule has 2 aromatic rings. The number of aromatic nitrogens is 2. The van der Waals surface area contributed by atoms with E-state index in [1.165, 1.54) is 0 Å². The molecule has 2 aromatic heterocycles. The summed E-state index contributed by atoms with van der Waals surface area (Å²) in [5.41, 5.74) is 2.12. The highest BCUT2D eigenvalue weighted by molar-refractivity contribution is 7.99. The molecule has 0 amide bonds. The standard InChI is InChI=1S/C13H19N3OS/c1-3-14-8-11-13(18-10(2)9-17)15-12-6-4-5-7-16(11)12/h4-7,10,14,17H,3,8-9H2,1-2H3. The Morgan fingerprint density at radius 2 is 2.33 bits per heavy atom. The molecular weight excluding hydrogens is 246 g/mol. The van der Waals surface area contributed by atoms with Crippen molar-refractivity contribution in [3.05, 3.63) is 30.1 Å². The highest BCUT2D eigenvalue weighted by atomic mass is 32.2. The number of aliphatic hydroxyl groups is 1. The molecule has 4 nitrogen and oxygen atoms in total. The Morgan fingerprint density at radius 1 is 1.50 bits per heavy atom. The van der Waals surface area contributed by atoms with Crippen LogP contribution < -0.4 is 5.32 Å². The van der Waals surface area contributed by atoms with Gasteiger partial charge in [0.05, 0.1) is 12.3 Å². The van der Waals surface area contributed by atoms with E-state index < -0.39 is 0 Å². The third kappa shape index (κ3) is 2.85. The van der Waals surface area contributed by atoms with Crippen LogP contribution in [-0.2, 0) is 6.54 Å². The summed E-state index contributed by atoms with van der Waals surface area (Å²) in [6.45, 7) is 5.99. The second-order valence-electron chi connectivity index (χ2n) is 4.18. The Kier molecular flexibility index (Phi) is 4.63. The van der Waals surface area contributed by atoms with Gasteiger partial charge in [-0.3, -0.25) is 0 Å². The van der Waals surface area contributed by atoms with Gasteiger partial charge in [0.15, 0.2) is 0 Å². The number of nitrogens with one attached hydrogen (secondary N) is 1. The molecule has 0 spiro atoms. The van der Waals surface area contributed by atoms with Crippen LogP contribution in [0.1, 0.15) is 19.5 Å². The van der Waals surface area contributed by atoms with E-state index >= 15 is 0 Å².